The van der Waals surface area contributed by atoms with E-state index >= 15 is 0 Å². The molecule has 0 radical (unpaired) electrons. The molecule has 2 nitrogen and oxygen atoms in total. The molecule has 1 N–H and O–H groups in total. The van der Waals surface area contributed by atoms with Crippen LogP contribution in [-0.4, -0.2) is 30.0 Å². The number of nitrogens with one attached hydrogen (secondary N) is 1. The number of fused-ring (bicyclic) bond motifs is 1. The number of H-pyrrole nitrogens is 1. The van der Waals surface area contributed by atoms with Crippen LogP contribution in [0, 0.1) is 3.57 Å². The lowest BCUT2D eigenvalue weighted by molar-refractivity contribution is 0.358. The van der Waals surface area contributed by atoms with Gasteiger partial charge < -0.3 is 9.88 Å². The fourth-order valence-corrected chi connectivity index (χ4v) is 2.72. The van der Waals surface area contributed by atoms with Crippen molar-refractivity contribution < 1.29 is 0 Å². The number of benzene rings is 1. The van der Waals surface area contributed by atoms with Crippen LogP contribution in [-0.2, 0) is 6.42 Å². The molecule has 2 aromatic rings. The number of halogens is 1. The van der Waals surface area contributed by atoms with Crippen molar-refractivity contribution in [2.45, 2.75) is 13.3 Å². The Kier molecular flexibility index (Phi) is 3.86. The molecule has 0 unspecified atom stereocenters. The summed E-state index contributed by atoms with van der Waals surface area (Å²) in [6, 6.07) is 6.41. The van der Waals surface area contributed by atoms with Crippen LogP contribution in [0.4, 0.5) is 0 Å². The Balaban J connectivity index is 2.24. The van der Waals surface area contributed by atoms with E-state index in [1.54, 1.807) is 0 Å². The number of nitrogens with zero attached hydrogens (tertiary/aromatic N) is 1. The van der Waals surface area contributed by atoms with Crippen LogP contribution in [0.3, 0.4) is 0 Å². The summed E-state index contributed by atoms with van der Waals surface area (Å²) in [5.74, 6) is 0. The second-order valence-corrected chi connectivity index (χ2v) is 5.28. The van der Waals surface area contributed by atoms with Crippen LogP contribution in [0.5, 0.6) is 0 Å². The van der Waals surface area contributed by atoms with Crippen LogP contribution < -0.4 is 0 Å². The molecule has 3 heteroatoms. The minimum atomic E-state index is 1.11. The molecule has 86 valence electrons. The van der Waals surface area contributed by atoms with Gasteiger partial charge >= 0.3 is 0 Å². The molecule has 1 heterocycles. The zero-order chi connectivity index (χ0) is 11.5. The lowest BCUT2D eigenvalue weighted by Gasteiger charge is -2.12. The maximum atomic E-state index is 3.35. The Labute approximate surface area is 110 Å². The molecule has 1 aromatic carbocycles. The van der Waals surface area contributed by atoms with E-state index in [0.29, 0.717) is 0 Å². The summed E-state index contributed by atoms with van der Waals surface area (Å²) in [6.07, 6.45) is 3.26. The van der Waals surface area contributed by atoms with Gasteiger partial charge in [0.05, 0.1) is 0 Å². The highest BCUT2D eigenvalue weighted by Gasteiger charge is 2.07. The molecule has 0 saturated carbocycles. The Morgan fingerprint density at radius 2 is 2.19 bits per heavy atom. The summed E-state index contributed by atoms with van der Waals surface area (Å²) in [5.41, 5.74) is 2.68. The first kappa shape index (κ1) is 11.9. The second kappa shape index (κ2) is 5.19. The largest absolute Gasteiger partial charge is 0.361 e. The van der Waals surface area contributed by atoms with E-state index in [-0.39, 0.29) is 0 Å². The van der Waals surface area contributed by atoms with Gasteiger partial charge in [0.1, 0.15) is 0 Å². The van der Waals surface area contributed by atoms with E-state index in [1.165, 1.54) is 20.0 Å². The summed E-state index contributed by atoms with van der Waals surface area (Å²) in [7, 11) is 2.17. The molecule has 0 aliphatic rings. The Morgan fingerprint density at radius 1 is 1.38 bits per heavy atom. The lowest BCUT2D eigenvalue weighted by atomic mass is 10.1. The van der Waals surface area contributed by atoms with Gasteiger partial charge in [-0.25, -0.2) is 0 Å². The fourth-order valence-electron chi connectivity index (χ4n) is 1.87. The van der Waals surface area contributed by atoms with Crippen LogP contribution in [0.1, 0.15) is 12.5 Å². The molecule has 16 heavy (non-hydrogen) atoms. The topological polar surface area (TPSA) is 19.0 Å². The van der Waals surface area contributed by atoms with Crippen molar-refractivity contribution in [1.29, 1.82) is 0 Å². The third-order valence-corrected chi connectivity index (χ3v) is 3.94. The summed E-state index contributed by atoms with van der Waals surface area (Å²) in [6.45, 7) is 4.42. The molecule has 0 aliphatic heterocycles. The molecule has 0 aliphatic carbocycles. The first-order valence-electron chi connectivity index (χ1n) is 5.65. The van der Waals surface area contributed by atoms with Gasteiger partial charge in [-0.05, 0) is 60.3 Å². The van der Waals surface area contributed by atoms with Gasteiger partial charge in [0.2, 0.25) is 0 Å². The van der Waals surface area contributed by atoms with E-state index < -0.39 is 0 Å². The predicted molar refractivity (Wildman–Crippen MR) is 77.9 cm³/mol. The lowest BCUT2D eigenvalue weighted by Crippen LogP contribution is -2.20. The molecule has 2 rings (SSSR count). The van der Waals surface area contributed by atoms with Crippen molar-refractivity contribution in [2.24, 2.45) is 0 Å². The number of aromatic nitrogens is 1. The standard InChI is InChI=1S/C13H17IN2/c1-3-16(2)8-7-10-9-15-12-6-4-5-11(14)13(10)12/h4-6,9,15H,3,7-8H2,1-2H3. The van der Waals surface area contributed by atoms with Crippen molar-refractivity contribution in [3.8, 4) is 0 Å². The van der Waals surface area contributed by atoms with Gasteiger partial charge in [-0.15, -0.1) is 0 Å². The monoisotopic (exact) mass is 328 g/mol. The highest BCUT2D eigenvalue weighted by atomic mass is 127. The predicted octanol–water partition coefficient (Wildman–Crippen LogP) is 3.27. The Hall–Kier alpha value is -0.550. The number of rotatable bonds is 4. The van der Waals surface area contributed by atoms with Gasteiger partial charge in [-0.2, -0.15) is 0 Å². The number of hydrogen-bond donors (Lipinski definition) is 1. The van der Waals surface area contributed by atoms with E-state index in [1.807, 2.05) is 0 Å². The number of likely N-dealkylation sites (N-methyl/N-ethyl adjacent to an activating group) is 1. The Bertz CT molecular complexity index is 476. The van der Waals surface area contributed by atoms with Gasteiger partial charge in [0, 0.05) is 27.2 Å². The molecule has 0 amide bonds. The molecular formula is C13H17IN2. The van der Waals surface area contributed by atoms with Crippen molar-refractivity contribution in [2.75, 3.05) is 20.1 Å². The first-order valence-corrected chi connectivity index (χ1v) is 6.73. The molecule has 0 fully saturated rings. The molecule has 0 bridgehead atoms. The first-order chi connectivity index (χ1) is 7.72. The number of hydrogen-bond acceptors (Lipinski definition) is 1. The highest BCUT2D eigenvalue weighted by molar-refractivity contribution is 14.1. The maximum Gasteiger partial charge on any atom is 0.0467 e. The molecular weight excluding hydrogens is 311 g/mol. The van der Waals surface area contributed by atoms with E-state index in [2.05, 4.69) is 70.8 Å². The maximum absolute atomic E-state index is 3.35. The second-order valence-electron chi connectivity index (χ2n) is 4.12. The summed E-state index contributed by atoms with van der Waals surface area (Å²) in [5, 5.41) is 1.40. The van der Waals surface area contributed by atoms with Crippen LogP contribution in [0.25, 0.3) is 10.9 Å². The molecule has 0 saturated heterocycles. The van der Waals surface area contributed by atoms with Crippen LogP contribution in [0.2, 0.25) is 0 Å². The highest BCUT2D eigenvalue weighted by Crippen LogP contribution is 2.24. The van der Waals surface area contributed by atoms with Gasteiger partial charge in [-0.1, -0.05) is 13.0 Å². The van der Waals surface area contributed by atoms with Crippen molar-refractivity contribution in [3.05, 3.63) is 33.5 Å². The van der Waals surface area contributed by atoms with E-state index in [9.17, 15) is 0 Å². The zero-order valence-electron chi connectivity index (χ0n) is 9.76. The number of aromatic amines is 1. The summed E-state index contributed by atoms with van der Waals surface area (Å²) < 4.78 is 1.34. The van der Waals surface area contributed by atoms with E-state index in [0.717, 1.165) is 19.5 Å². The van der Waals surface area contributed by atoms with Crippen molar-refractivity contribution >= 4 is 33.5 Å². The van der Waals surface area contributed by atoms with Crippen molar-refractivity contribution in [3.63, 3.8) is 0 Å². The van der Waals surface area contributed by atoms with Crippen LogP contribution >= 0.6 is 22.6 Å². The quantitative estimate of drug-likeness (QED) is 0.854. The average Bonchev–Trinajstić information content (AvgIpc) is 2.70. The normalized spacial score (nSPS) is 11.5. The van der Waals surface area contributed by atoms with E-state index in [4.69, 9.17) is 0 Å². The smallest absolute Gasteiger partial charge is 0.0467 e. The molecule has 0 spiro atoms. The SMILES string of the molecule is CCN(C)CCc1c[nH]c2cccc(I)c12. The van der Waals surface area contributed by atoms with Gasteiger partial charge in [0.15, 0.2) is 0 Å². The van der Waals surface area contributed by atoms with Crippen molar-refractivity contribution in [1.82, 2.24) is 9.88 Å². The Morgan fingerprint density at radius 3 is 2.94 bits per heavy atom. The third-order valence-electron chi connectivity index (χ3n) is 3.04. The third kappa shape index (κ3) is 2.40. The van der Waals surface area contributed by atoms with Gasteiger partial charge in [0.25, 0.3) is 0 Å². The molecule has 0 atom stereocenters. The van der Waals surface area contributed by atoms with Crippen LogP contribution in [0.15, 0.2) is 24.4 Å². The van der Waals surface area contributed by atoms with Gasteiger partial charge in [-0.3, -0.25) is 0 Å². The molecule has 1 aromatic heterocycles. The summed E-state index contributed by atoms with van der Waals surface area (Å²) in [4.78, 5) is 5.69. The fraction of sp³-hybridized carbons (Fsp3) is 0.385. The zero-order valence-corrected chi connectivity index (χ0v) is 11.9. The minimum absolute atomic E-state index is 1.11. The minimum Gasteiger partial charge on any atom is -0.361 e. The summed E-state index contributed by atoms with van der Waals surface area (Å²) >= 11 is 2.41. The average molecular weight is 328 g/mol.